The molecule has 4 rings (SSSR count). The van der Waals surface area contributed by atoms with Crippen molar-refractivity contribution in [3.8, 4) is 0 Å². The lowest BCUT2D eigenvalue weighted by atomic mass is 9.94. The van der Waals surface area contributed by atoms with Crippen LogP contribution >= 0.6 is 0 Å². The van der Waals surface area contributed by atoms with Crippen LogP contribution in [0, 0.1) is 11.3 Å². The lowest BCUT2D eigenvalue weighted by molar-refractivity contribution is -0.125. The topological polar surface area (TPSA) is 44.4 Å². The molecule has 2 heterocycles. The van der Waals surface area contributed by atoms with Crippen molar-refractivity contribution in [1.82, 2.24) is 10.6 Å². The lowest BCUT2D eigenvalue weighted by Gasteiger charge is -2.26. The summed E-state index contributed by atoms with van der Waals surface area (Å²) in [4.78, 5) is 14.6. The van der Waals surface area contributed by atoms with E-state index in [9.17, 15) is 4.79 Å². The number of hydrogen-bond donors (Lipinski definition) is 2. The van der Waals surface area contributed by atoms with Gasteiger partial charge in [0.1, 0.15) is 0 Å². The number of rotatable bonds is 4. The van der Waals surface area contributed by atoms with E-state index < -0.39 is 0 Å². The minimum atomic E-state index is -0.319. The Balaban J connectivity index is 1.36. The molecule has 142 valence electrons. The van der Waals surface area contributed by atoms with Gasteiger partial charge in [-0.15, -0.1) is 0 Å². The number of carbonyl (C=O) groups is 1. The Morgan fingerprint density at radius 3 is 2.77 bits per heavy atom. The zero-order chi connectivity index (χ0) is 18.3. The molecule has 1 saturated heterocycles. The zero-order valence-electron chi connectivity index (χ0n) is 16.5. The van der Waals surface area contributed by atoms with Crippen LogP contribution in [0.15, 0.2) is 18.2 Å². The summed E-state index contributed by atoms with van der Waals surface area (Å²) in [6, 6.07) is 7.45. The first-order valence-electron chi connectivity index (χ1n) is 10.3. The minimum Gasteiger partial charge on any atom is -0.317 e. The van der Waals surface area contributed by atoms with Crippen molar-refractivity contribution in [3.05, 3.63) is 29.3 Å². The number of nitrogens with one attached hydrogen (secondary N) is 2. The number of fused-ring (bicyclic) bond motifs is 1. The van der Waals surface area contributed by atoms with E-state index in [2.05, 4.69) is 28.8 Å². The quantitative estimate of drug-likeness (QED) is 0.872. The Kier molecular flexibility index (Phi) is 4.83. The molecule has 0 aromatic heterocycles. The molecule has 0 radical (unpaired) electrons. The Morgan fingerprint density at radius 2 is 2.04 bits per heavy atom. The molecule has 1 amide bonds. The van der Waals surface area contributed by atoms with E-state index in [4.69, 9.17) is 0 Å². The fourth-order valence-electron chi connectivity index (χ4n) is 4.46. The molecule has 0 spiro atoms. The Hall–Kier alpha value is -1.39. The molecule has 4 nitrogen and oxygen atoms in total. The second-order valence-electron chi connectivity index (χ2n) is 9.40. The number of hydrogen-bond acceptors (Lipinski definition) is 3. The Morgan fingerprint density at radius 1 is 1.27 bits per heavy atom. The summed E-state index contributed by atoms with van der Waals surface area (Å²) in [6.07, 6.45) is 4.86. The number of nitrogens with zero attached hydrogens (tertiary/aromatic N) is 1. The van der Waals surface area contributed by atoms with Crippen molar-refractivity contribution < 1.29 is 4.79 Å². The molecule has 1 saturated carbocycles. The molecule has 26 heavy (non-hydrogen) atoms. The van der Waals surface area contributed by atoms with Gasteiger partial charge in [0.2, 0.25) is 5.91 Å². The molecule has 0 unspecified atom stereocenters. The van der Waals surface area contributed by atoms with Gasteiger partial charge in [0.05, 0.1) is 0 Å². The summed E-state index contributed by atoms with van der Waals surface area (Å²) in [5, 5.41) is 7.24. The van der Waals surface area contributed by atoms with Crippen molar-refractivity contribution in [2.24, 2.45) is 11.3 Å². The van der Waals surface area contributed by atoms with Gasteiger partial charge in [-0.3, -0.25) is 4.79 Å². The van der Waals surface area contributed by atoms with Crippen LogP contribution in [0.25, 0.3) is 0 Å². The monoisotopic (exact) mass is 355 g/mol. The predicted molar refractivity (Wildman–Crippen MR) is 107 cm³/mol. The molecule has 4 heteroatoms. The first kappa shape index (κ1) is 18.0. The van der Waals surface area contributed by atoms with Crippen LogP contribution in [0.4, 0.5) is 5.69 Å². The van der Waals surface area contributed by atoms with Crippen molar-refractivity contribution in [1.29, 1.82) is 0 Å². The van der Waals surface area contributed by atoms with Gasteiger partial charge in [0, 0.05) is 29.6 Å². The van der Waals surface area contributed by atoms with Crippen LogP contribution in [-0.2, 0) is 11.2 Å². The highest BCUT2D eigenvalue weighted by atomic mass is 16.2. The third-order valence-electron chi connectivity index (χ3n) is 6.23. The fraction of sp³-hybridized carbons (Fsp3) is 0.682. The molecule has 0 bridgehead atoms. The number of piperidine rings is 1. The predicted octanol–water partition coefficient (Wildman–Crippen LogP) is 3.07. The van der Waals surface area contributed by atoms with E-state index in [-0.39, 0.29) is 11.3 Å². The first-order chi connectivity index (χ1) is 12.4. The van der Waals surface area contributed by atoms with Crippen LogP contribution in [0.3, 0.4) is 0 Å². The average Bonchev–Trinajstić information content (AvgIpc) is 3.29. The summed E-state index contributed by atoms with van der Waals surface area (Å²) in [7, 11) is 0. The summed E-state index contributed by atoms with van der Waals surface area (Å²) < 4.78 is 0. The van der Waals surface area contributed by atoms with E-state index in [1.165, 1.54) is 50.0 Å². The molecule has 3 aliphatic rings. The number of carbonyl (C=O) groups excluding carboxylic acids is 1. The highest BCUT2D eigenvalue weighted by Gasteiger charge is 2.39. The summed E-state index contributed by atoms with van der Waals surface area (Å²) in [6.45, 7) is 10.4. The second-order valence-corrected chi connectivity index (χ2v) is 9.40. The molecule has 1 aromatic rings. The number of amides is 1. The molecular formula is C22H33N3O. The first-order valence-corrected chi connectivity index (χ1v) is 10.3. The van der Waals surface area contributed by atoms with Crippen molar-refractivity contribution in [2.75, 3.05) is 31.1 Å². The van der Waals surface area contributed by atoms with E-state index in [1.54, 1.807) is 0 Å². The average molecular weight is 356 g/mol. The van der Waals surface area contributed by atoms with Crippen molar-refractivity contribution in [3.63, 3.8) is 0 Å². The van der Waals surface area contributed by atoms with Gasteiger partial charge < -0.3 is 15.5 Å². The summed E-state index contributed by atoms with van der Waals surface area (Å²) in [5.74, 6) is 1.74. The van der Waals surface area contributed by atoms with Gasteiger partial charge in [-0.25, -0.2) is 0 Å². The van der Waals surface area contributed by atoms with E-state index in [0.29, 0.717) is 12.0 Å². The third-order valence-corrected chi connectivity index (χ3v) is 6.23. The highest BCUT2D eigenvalue weighted by Crippen LogP contribution is 2.43. The molecule has 2 fully saturated rings. The van der Waals surface area contributed by atoms with Gasteiger partial charge >= 0.3 is 0 Å². The Labute approximate surface area is 157 Å². The summed E-state index contributed by atoms with van der Waals surface area (Å²) >= 11 is 0. The smallest absolute Gasteiger partial charge is 0.232 e. The van der Waals surface area contributed by atoms with Crippen molar-refractivity contribution in [2.45, 2.75) is 58.4 Å². The molecule has 1 aromatic carbocycles. The maximum atomic E-state index is 12.7. The Bertz CT molecular complexity index is 672. The van der Waals surface area contributed by atoms with Crippen LogP contribution < -0.4 is 15.5 Å². The van der Waals surface area contributed by atoms with E-state index >= 15 is 0 Å². The highest BCUT2D eigenvalue weighted by molar-refractivity contribution is 5.98. The maximum absolute atomic E-state index is 12.7. The van der Waals surface area contributed by atoms with Gasteiger partial charge in [0.15, 0.2) is 0 Å². The van der Waals surface area contributed by atoms with Gasteiger partial charge in [-0.2, -0.15) is 0 Å². The SMILES string of the molecule is CC(C)(C)C(=O)N1CCc2cc([C@@H]3C[C@H]3NCC3CCNCC3)ccc21. The lowest BCUT2D eigenvalue weighted by Crippen LogP contribution is -2.38. The summed E-state index contributed by atoms with van der Waals surface area (Å²) in [5.41, 5.74) is 3.62. The fourth-order valence-corrected chi connectivity index (χ4v) is 4.46. The van der Waals surface area contributed by atoms with Crippen molar-refractivity contribution >= 4 is 11.6 Å². The standard InChI is InChI=1S/C22H33N3O/c1-22(2,3)21(26)25-11-8-17-12-16(4-5-20(17)25)18-13-19(18)24-14-15-6-9-23-10-7-15/h4-5,12,15,18-19,23-24H,6-11,13-14H2,1-3H3/t18-,19+/m0/s1. The van der Waals surface area contributed by atoms with Crippen LogP contribution in [0.5, 0.6) is 0 Å². The van der Waals surface area contributed by atoms with E-state index in [1.807, 2.05) is 25.7 Å². The second kappa shape index (κ2) is 6.97. The van der Waals surface area contributed by atoms with Gasteiger partial charge in [-0.1, -0.05) is 32.9 Å². The molecule has 2 atom stereocenters. The van der Waals surface area contributed by atoms with Crippen LogP contribution in [0.2, 0.25) is 0 Å². The van der Waals surface area contributed by atoms with Gasteiger partial charge in [0.25, 0.3) is 0 Å². The largest absolute Gasteiger partial charge is 0.317 e. The number of benzene rings is 1. The third kappa shape index (κ3) is 3.67. The molecule has 2 aliphatic heterocycles. The molecule has 2 N–H and O–H groups in total. The van der Waals surface area contributed by atoms with Crippen LogP contribution in [-0.4, -0.2) is 38.1 Å². The minimum absolute atomic E-state index is 0.233. The zero-order valence-corrected chi connectivity index (χ0v) is 16.5. The van der Waals surface area contributed by atoms with E-state index in [0.717, 1.165) is 24.6 Å². The number of anilines is 1. The molecule has 1 aliphatic carbocycles. The van der Waals surface area contributed by atoms with Crippen LogP contribution in [0.1, 0.15) is 57.1 Å². The normalized spacial score (nSPS) is 26.0. The molecular weight excluding hydrogens is 322 g/mol. The van der Waals surface area contributed by atoms with Gasteiger partial charge in [-0.05, 0) is 68.4 Å². The maximum Gasteiger partial charge on any atom is 0.232 e.